The van der Waals surface area contributed by atoms with Gasteiger partial charge < -0.3 is 10.4 Å². The second kappa shape index (κ2) is 5.96. The number of hydrogen-bond acceptors (Lipinski definition) is 2. The van der Waals surface area contributed by atoms with Crippen molar-refractivity contribution in [2.45, 2.75) is 12.5 Å². The molecule has 0 amide bonds. The van der Waals surface area contributed by atoms with E-state index in [1.165, 1.54) is 6.07 Å². The monoisotopic (exact) mass is 281 g/mol. The van der Waals surface area contributed by atoms with Gasteiger partial charge in [0.25, 0.3) is 0 Å². The number of rotatable bonds is 4. The minimum Gasteiger partial charge on any atom is -0.508 e. The summed E-state index contributed by atoms with van der Waals surface area (Å²) in [6, 6.07) is 8.14. The van der Waals surface area contributed by atoms with Crippen molar-refractivity contribution in [3.8, 4) is 5.75 Å². The molecule has 20 heavy (non-hydrogen) atoms. The molecule has 0 spiro atoms. The largest absolute Gasteiger partial charge is 0.508 e. The van der Waals surface area contributed by atoms with Gasteiger partial charge in [0, 0.05) is 6.04 Å². The Hall–Kier alpha value is -2.01. The second-order valence-corrected chi connectivity index (χ2v) is 4.51. The fourth-order valence-electron chi connectivity index (χ4n) is 2.08. The molecule has 0 radical (unpaired) electrons. The lowest BCUT2D eigenvalue weighted by atomic mass is 9.98. The zero-order valence-electron chi connectivity index (χ0n) is 10.8. The molecule has 0 aromatic heterocycles. The van der Waals surface area contributed by atoms with E-state index in [1.54, 1.807) is 25.2 Å². The molecule has 0 fully saturated rings. The first-order valence-corrected chi connectivity index (χ1v) is 6.11. The molecule has 0 aliphatic carbocycles. The Morgan fingerprint density at radius 3 is 2.30 bits per heavy atom. The lowest BCUT2D eigenvalue weighted by molar-refractivity contribution is 0.441. The van der Waals surface area contributed by atoms with Crippen molar-refractivity contribution in [2.24, 2.45) is 0 Å². The number of hydrogen-bond donors (Lipinski definition) is 2. The molecule has 1 atom stereocenters. The minimum absolute atomic E-state index is 0.119. The normalized spacial score (nSPS) is 12.4. The van der Waals surface area contributed by atoms with Crippen LogP contribution in [0.15, 0.2) is 36.4 Å². The SMILES string of the molecule is CNC(Cc1cccc(O)c1)c1cc(F)c(F)c(F)c1. The number of phenols is 1. The molecule has 2 aromatic carbocycles. The molecule has 0 bridgehead atoms. The van der Waals surface area contributed by atoms with Crippen LogP contribution in [-0.4, -0.2) is 12.2 Å². The molecule has 5 heteroatoms. The van der Waals surface area contributed by atoms with E-state index >= 15 is 0 Å². The number of phenolic OH excluding ortho intramolecular Hbond substituents is 1. The van der Waals surface area contributed by atoms with Crippen molar-refractivity contribution in [3.05, 3.63) is 65.0 Å². The van der Waals surface area contributed by atoms with Crippen LogP contribution in [0.2, 0.25) is 0 Å². The fourth-order valence-corrected chi connectivity index (χ4v) is 2.08. The lowest BCUT2D eigenvalue weighted by Crippen LogP contribution is -2.19. The Morgan fingerprint density at radius 2 is 1.75 bits per heavy atom. The van der Waals surface area contributed by atoms with Crippen LogP contribution in [0.3, 0.4) is 0 Å². The number of benzene rings is 2. The van der Waals surface area contributed by atoms with E-state index in [0.717, 1.165) is 17.7 Å². The molecule has 0 saturated carbocycles. The molecule has 2 N–H and O–H groups in total. The van der Waals surface area contributed by atoms with Gasteiger partial charge in [-0.15, -0.1) is 0 Å². The maximum Gasteiger partial charge on any atom is 0.194 e. The average molecular weight is 281 g/mol. The first-order chi connectivity index (χ1) is 9.51. The first-order valence-electron chi connectivity index (χ1n) is 6.11. The quantitative estimate of drug-likeness (QED) is 0.843. The van der Waals surface area contributed by atoms with Crippen molar-refractivity contribution in [2.75, 3.05) is 7.05 Å². The lowest BCUT2D eigenvalue weighted by Gasteiger charge is -2.17. The fraction of sp³-hybridized carbons (Fsp3) is 0.200. The van der Waals surface area contributed by atoms with Gasteiger partial charge >= 0.3 is 0 Å². The van der Waals surface area contributed by atoms with Crippen LogP contribution >= 0.6 is 0 Å². The van der Waals surface area contributed by atoms with E-state index in [-0.39, 0.29) is 11.8 Å². The van der Waals surface area contributed by atoms with Gasteiger partial charge in [-0.1, -0.05) is 12.1 Å². The highest BCUT2D eigenvalue weighted by atomic mass is 19.2. The van der Waals surface area contributed by atoms with Crippen molar-refractivity contribution < 1.29 is 18.3 Å². The van der Waals surface area contributed by atoms with Gasteiger partial charge in [-0.2, -0.15) is 0 Å². The van der Waals surface area contributed by atoms with Gasteiger partial charge in [0.1, 0.15) is 5.75 Å². The van der Waals surface area contributed by atoms with E-state index in [4.69, 9.17) is 0 Å². The third kappa shape index (κ3) is 3.11. The maximum absolute atomic E-state index is 13.3. The molecule has 2 rings (SSSR count). The Bertz CT molecular complexity index is 593. The summed E-state index contributed by atoms with van der Waals surface area (Å²) in [5.74, 6) is -3.78. The molecule has 2 aromatic rings. The Kier molecular flexibility index (Phi) is 4.29. The van der Waals surface area contributed by atoms with Crippen molar-refractivity contribution in [3.63, 3.8) is 0 Å². The van der Waals surface area contributed by atoms with E-state index in [0.29, 0.717) is 12.0 Å². The van der Waals surface area contributed by atoms with Crippen LogP contribution in [0.25, 0.3) is 0 Å². The van der Waals surface area contributed by atoms with Crippen LogP contribution < -0.4 is 5.32 Å². The summed E-state index contributed by atoms with van der Waals surface area (Å²) in [7, 11) is 1.65. The van der Waals surface area contributed by atoms with E-state index in [2.05, 4.69) is 5.32 Å². The maximum atomic E-state index is 13.3. The number of halogens is 3. The topological polar surface area (TPSA) is 32.3 Å². The van der Waals surface area contributed by atoms with E-state index in [9.17, 15) is 18.3 Å². The predicted octanol–water partition coefficient (Wildman–Crippen LogP) is 3.31. The van der Waals surface area contributed by atoms with Crippen molar-refractivity contribution in [1.29, 1.82) is 0 Å². The van der Waals surface area contributed by atoms with Gasteiger partial charge in [-0.25, -0.2) is 13.2 Å². The summed E-state index contributed by atoms with van der Waals surface area (Å²) in [5.41, 5.74) is 1.11. The zero-order chi connectivity index (χ0) is 14.7. The number of aromatic hydroxyl groups is 1. The Labute approximate surface area is 114 Å². The standard InChI is InChI=1S/C15H14F3NO/c1-19-14(6-9-3-2-4-11(20)5-9)10-7-12(16)15(18)13(17)8-10/h2-5,7-8,14,19-20H,6H2,1H3. The van der Waals surface area contributed by atoms with Gasteiger partial charge in [-0.3, -0.25) is 0 Å². The molecular weight excluding hydrogens is 267 g/mol. The summed E-state index contributed by atoms with van der Waals surface area (Å²) in [6.07, 6.45) is 0.412. The van der Waals surface area contributed by atoms with E-state index < -0.39 is 17.5 Å². The molecule has 106 valence electrons. The van der Waals surface area contributed by atoms with Gasteiger partial charge in [0.15, 0.2) is 17.5 Å². The number of nitrogens with one attached hydrogen (secondary N) is 1. The third-order valence-corrected chi connectivity index (χ3v) is 3.11. The summed E-state index contributed by atoms with van der Waals surface area (Å²) >= 11 is 0. The summed E-state index contributed by atoms with van der Waals surface area (Å²) < 4.78 is 39.5. The molecule has 0 heterocycles. The van der Waals surface area contributed by atoms with Crippen LogP contribution in [-0.2, 0) is 6.42 Å². The highest BCUT2D eigenvalue weighted by Gasteiger charge is 2.16. The average Bonchev–Trinajstić information content (AvgIpc) is 2.41. The van der Waals surface area contributed by atoms with Crippen LogP contribution in [0.1, 0.15) is 17.2 Å². The molecule has 0 aliphatic rings. The Balaban J connectivity index is 2.29. The molecular formula is C15H14F3NO. The van der Waals surface area contributed by atoms with Crippen LogP contribution in [0, 0.1) is 17.5 Å². The molecule has 1 unspecified atom stereocenters. The van der Waals surface area contributed by atoms with Crippen molar-refractivity contribution >= 4 is 0 Å². The summed E-state index contributed by atoms with van der Waals surface area (Å²) in [5, 5.41) is 12.3. The Morgan fingerprint density at radius 1 is 1.10 bits per heavy atom. The number of likely N-dealkylation sites (N-methyl/N-ethyl adjacent to an activating group) is 1. The van der Waals surface area contributed by atoms with Gasteiger partial charge in [0.05, 0.1) is 0 Å². The van der Waals surface area contributed by atoms with Gasteiger partial charge in [-0.05, 0) is 48.9 Å². The van der Waals surface area contributed by atoms with E-state index in [1.807, 2.05) is 0 Å². The second-order valence-electron chi connectivity index (χ2n) is 4.51. The molecule has 0 aliphatic heterocycles. The van der Waals surface area contributed by atoms with Crippen molar-refractivity contribution in [1.82, 2.24) is 5.32 Å². The summed E-state index contributed by atoms with van der Waals surface area (Å²) in [6.45, 7) is 0. The van der Waals surface area contributed by atoms with Crippen LogP contribution in [0.4, 0.5) is 13.2 Å². The third-order valence-electron chi connectivity index (χ3n) is 3.11. The first kappa shape index (κ1) is 14.4. The minimum atomic E-state index is -1.47. The molecule has 0 saturated heterocycles. The smallest absolute Gasteiger partial charge is 0.194 e. The zero-order valence-corrected chi connectivity index (χ0v) is 10.8. The van der Waals surface area contributed by atoms with Gasteiger partial charge in [0.2, 0.25) is 0 Å². The summed E-state index contributed by atoms with van der Waals surface area (Å²) in [4.78, 5) is 0. The predicted molar refractivity (Wildman–Crippen MR) is 69.9 cm³/mol. The highest BCUT2D eigenvalue weighted by Crippen LogP contribution is 2.23. The highest BCUT2D eigenvalue weighted by molar-refractivity contribution is 5.30. The van der Waals surface area contributed by atoms with Crippen LogP contribution in [0.5, 0.6) is 5.75 Å². The molecule has 2 nitrogen and oxygen atoms in total.